The number of thiazole rings is 1. The van der Waals surface area contributed by atoms with Gasteiger partial charge in [-0.3, -0.25) is 14.7 Å². The molecule has 1 saturated heterocycles. The van der Waals surface area contributed by atoms with Gasteiger partial charge in [0.2, 0.25) is 0 Å². The van der Waals surface area contributed by atoms with Crippen LogP contribution < -0.4 is 0 Å². The molecule has 0 N–H and O–H groups in total. The standard InChI is InChI=1S/C11H16N2O2S/c1-15-11(14)10-4-2-3-5-13(10)7-9-6-12-8-16-9/h6,8,10H,2-5,7H2,1H3/t10-/m1/s1. The van der Waals surface area contributed by atoms with E-state index >= 15 is 0 Å². The fourth-order valence-electron chi connectivity index (χ4n) is 2.10. The number of piperidine rings is 1. The lowest BCUT2D eigenvalue weighted by atomic mass is 10.0. The lowest BCUT2D eigenvalue weighted by Gasteiger charge is -2.33. The van der Waals surface area contributed by atoms with Gasteiger partial charge in [-0.1, -0.05) is 6.42 Å². The Morgan fingerprint density at radius 3 is 3.25 bits per heavy atom. The molecule has 2 heterocycles. The summed E-state index contributed by atoms with van der Waals surface area (Å²) < 4.78 is 4.85. The molecule has 0 aromatic carbocycles. The van der Waals surface area contributed by atoms with E-state index in [-0.39, 0.29) is 12.0 Å². The number of aromatic nitrogens is 1. The number of rotatable bonds is 3. The van der Waals surface area contributed by atoms with Crippen LogP contribution in [0, 0.1) is 0 Å². The number of likely N-dealkylation sites (tertiary alicyclic amines) is 1. The molecule has 1 aliphatic rings. The highest BCUT2D eigenvalue weighted by Gasteiger charge is 2.29. The highest BCUT2D eigenvalue weighted by molar-refractivity contribution is 7.09. The maximum absolute atomic E-state index is 11.6. The number of methoxy groups -OCH3 is 1. The fourth-order valence-corrected chi connectivity index (χ4v) is 2.72. The van der Waals surface area contributed by atoms with E-state index in [9.17, 15) is 4.79 Å². The minimum absolute atomic E-state index is 0.0687. The van der Waals surface area contributed by atoms with Crippen LogP contribution in [0.3, 0.4) is 0 Å². The molecule has 4 nitrogen and oxygen atoms in total. The van der Waals surface area contributed by atoms with Crippen LogP contribution in [0.25, 0.3) is 0 Å². The molecule has 1 aromatic heterocycles. The normalized spacial score (nSPS) is 21.9. The van der Waals surface area contributed by atoms with Crippen molar-refractivity contribution in [2.45, 2.75) is 31.8 Å². The van der Waals surface area contributed by atoms with E-state index in [0.717, 1.165) is 32.4 Å². The molecular weight excluding hydrogens is 224 g/mol. The van der Waals surface area contributed by atoms with Gasteiger partial charge in [-0.25, -0.2) is 0 Å². The SMILES string of the molecule is COC(=O)[C@H]1CCCCN1Cc1cncs1. The molecule has 16 heavy (non-hydrogen) atoms. The van der Waals surface area contributed by atoms with Gasteiger partial charge in [-0.2, -0.15) is 0 Å². The summed E-state index contributed by atoms with van der Waals surface area (Å²) in [6.45, 7) is 1.78. The van der Waals surface area contributed by atoms with Crippen molar-refractivity contribution < 1.29 is 9.53 Å². The maximum Gasteiger partial charge on any atom is 0.323 e. The fraction of sp³-hybridized carbons (Fsp3) is 0.636. The molecule has 1 aliphatic heterocycles. The number of carbonyl (C=O) groups excluding carboxylic acids is 1. The van der Waals surface area contributed by atoms with E-state index in [0.29, 0.717) is 0 Å². The summed E-state index contributed by atoms with van der Waals surface area (Å²) in [4.78, 5) is 19.1. The van der Waals surface area contributed by atoms with Crippen molar-refractivity contribution in [2.75, 3.05) is 13.7 Å². The Labute approximate surface area is 99.2 Å². The summed E-state index contributed by atoms with van der Waals surface area (Å²) in [6.07, 6.45) is 5.05. The molecule has 0 aliphatic carbocycles. The topological polar surface area (TPSA) is 42.4 Å². The molecule has 0 radical (unpaired) electrons. The van der Waals surface area contributed by atoms with Crippen molar-refractivity contribution in [1.82, 2.24) is 9.88 Å². The van der Waals surface area contributed by atoms with Gasteiger partial charge >= 0.3 is 5.97 Å². The molecule has 2 rings (SSSR count). The molecule has 1 aromatic rings. The van der Waals surface area contributed by atoms with Crippen molar-refractivity contribution in [3.63, 3.8) is 0 Å². The number of nitrogens with zero attached hydrogens (tertiary/aromatic N) is 2. The third kappa shape index (κ3) is 2.59. The van der Waals surface area contributed by atoms with Crippen molar-refractivity contribution in [2.24, 2.45) is 0 Å². The predicted octanol–water partition coefficient (Wildman–Crippen LogP) is 1.67. The Balaban J connectivity index is 2.02. The first-order valence-corrected chi connectivity index (χ1v) is 6.38. The third-order valence-electron chi connectivity index (χ3n) is 2.93. The van der Waals surface area contributed by atoms with Crippen LogP contribution in [0.2, 0.25) is 0 Å². The number of hydrogen-bond acceptors (Lipinski definition) is 5. The minimum atomic E-state index is -0.107. The van der Waals surface area contributed by atoms with E-state index in [2.05, 4.69) is 9.88 Å². The van der Waals surface area contributed by atoms with Gasteiger partial charge in [0.1, 0.15) is 6.04 Å². The number of carbonyl (C=O) groups is 1. The first kappa shape index (κ1) is 11.5. The van der Waals surface area contributed by atoms with Gasteiger partial charge < -0.3 is 4.74 Å². The smallest absolute Gasteiger partial charge is 0.323 e. The van der Waals surface area contributed by atoms with Crippen molar-refractivity contribution >= 4 is 17.3 Å². The quantitative estimate of drug-likeness (QED) is 0.754. The van der Waals surface area contributed by atoms with Gasteiger partial charge in [-0.05, 0) is 19.4 Å². The molecule has 0 unspecified atom stereocenters. The Kier molecular flexibility index (Phi) is 3.90. The van der Waals surface area contributed by atoms with Crippen LogP contribution in [0.1, 0.15) is 24.1 Å². The monoisotopic (exact) mass is 240 g/mol. The Morgan fingerprint density at radius 1 is 1.69 bits per heavy atom. The average molecular weight is 240 g/mol. The zero-order valence-corrected chi connectivity index (χ0v) is 10.2. The number of esters is 1. The first-order valence-electron chi connectivity index (χ1n) is 5.50. The summed E-state index contributed by atoms with van der Waals surface area (Å²) in [7, 11) is 1.46. The Morgan fingerprint density at radius 2 is 2.56 bits per heavy atom. The summed E-state index contributed by atoms with van der Waals surface area (Å²) in [5, 5.41) is 0. The summed E-state index contributed by atoms with van der Waals surface area (Å²) in [5.41, 5.74) is 1.83. The van der Waals surface area contributed by atoms with Crippen molar-refractivity contribution in [3.05, 3.63) is 16.6 Å². The summed E-state index contributed by atoms with van der Waals surface area (Å²) in [5.74, 6) is -0.107. The number of hydrogen-bond donors (Lipinski definition) is 0. The molecule has 1 atom stereocenters. The molecule has 0 bridgehead atoms. The van der Waals surface area contributed by atoms with Gasteiger partial charge in [0.15, 0.2) is 0 Å². The minimum Gasteiger partial charge on any atom is -0.468 e. The van der Waals surface area contributed by atoms with Gasteiger partial charge in [-0.15, -0.1) is 11.3 Å². The molecule has 1 fully saturated rings. The van der Waals surface area contributed by atoms with E-state index in [4.69, 9.17) is 4.74 Å². The Hall–Kier alpha value is -0.940. The second kappa shape index (κ2) is 5.41. The van der Waals surface area contributed by atoms with Crippen LogP contribution in [-0.4, -0.2) is 35.5 Å². The molecule has 5 heteroatoms. The van der Waals surface area contributed by atoms with Crippen LogP contribution >= 0.6 is 11.3 Å². The highest BCUT2D eigenvalue weighted by atomic mass is 32.1. The van der Waals surface area contributed by atoms with E-state index in [1.165, 1.54) is 12.0 Å². The summed E-state index contributed by atoms with van der Waals surface area (Å²) >= 11 is 1.63. The first-order chi connectivity index (χ1) is 7.81. The molecule has 88 valence electrons. The largest absolute Gasteiger partial charge is 0.468 e. The van der Waals surface area contributed by atoms with Crippen LogP contribution in [0.15, 0.2) is 11.7 Å². The molecule has 0 saturated carbocycles. The third-order valence-corrected chi connectivity index (χ3v) is 3.69. The van der Waals surface area contributed by atoms with E-state index in [1.807, 2.05) is 11.7 Å². The highest BCUT2D eigenvalue weighted by Crippen LogP contribution is 2.21. The Bertz CT molecular complexity index is 340. The zero-order chi connectivity index (χ0) is 11.4. The molecule has 0 spiro atoms. The summed E-state index contributed by atoms with van der Waals surface area (Å²) in [6, 6.07) is -0.0687. The van der Waals surface area contributed by atoms with Crippen LogP contribution in [-0.2, 0) is 16.1 Å². The predicted molar refractivity (Wildman–Crippen MR) is 62.2 cm³/mol. The lowest BCUT2D eigenvalue weighted by Crippen LogP contribution is -2.44. The van der Waals surface area contributed by atoms with Crippen molar-refractivity contribution in [1.29, 1.82) is 0 Å². The second-order valence-electron chi connectivity index (χ2n) is 3.97. The maximum atomic E-state index is 11.6. The number of ether oxygens (including phenoxy) is 1. The molecule has 0 amide bonds. The second-order valence-corrected chi connectivity index (χ2v) is 4.94. The van der Waals surface area contributed by atoms with Gasteiger partial charge in [0.25, 0.3) is 0 Å². The van der Waals surface area contributed by atoms with Crippen molar-refractivity contribution in [3.8, 4) is 0 Å². The average Bonchev–Trinajstić information content (AvgIpc) is 2.82. The zero-order valence-electron chi connectivity index (χ0n) is 9.39. The van der Waals surface area contributed by atoms with E-state index < -0.39 is 0 Å². The van der Waals surface area contributed by atoms with Crippen LogP contribution in [0.5, 0.6) is 0 Å². The van der Waals surface area contributed by atoms with Crippen LogP contribution in [0.4, 0.5) is 0 Å². The van der Waals surface area contributed by atoms with Gasteiger partial charge in [0, 0.05) is 17.6 Å². The van der Waals surface area contributed by atoms with Gasteiger partial charge in [0.05, 0.1) is 12.6 Å². The van der Waals surface area contributed by atoms with E-state index in [1.54, 1.807) is 11.3 Å². The molecular formula is C11H16N2O2S. The lowest BCUT2D eigenvalue weighted by molar-refractivity contribution is -0.148.